The Balaban J connectivity index is 2.61. The van der Waals surface area contributed by atoms with Crippen LogP contribution in [0.5, 0.6) is 11.5 Å². The number of carboxylic acid groups (broad SMARTS) is 1. The molecule has 0 aromatic heterocycles. The summed E-state index contributed by atoms with van der Waals surface area (Å²) in [6, 6.07) is 10.1. The van der Waals surface area contributed by atoms with E-state index in [-0.39, 0.29) is 5.75 Å². The molecular formula is C17H14FNO4. The third-order valence-corrected chi connectivity index (χ3v) is 3.53. The first-order valence-corrected chi connectivity index (χ1v) is 6.70. The Labute approximate surface area is 132 Å². The number of carboxylic acids is 1. The number of aliphatic carboxylic acids is 1. The number of nitriles is 1. The topological polar surface area (TPSA) is 90.5 Å². The van der Waals surface area contributed by atoms with Crippen LogP contribution in [0.2, 0.25) is 0 Å². The van der Waals surface area contributed by atoms with Crippen molar-refractivity contribution in [3.8, 4) is 17.6 Å². The zero-order chi connectivity index (χ0) is 17.2. The summed E-state index contributed by atoms with van der Waals surface area (Å²) in [5.74, 6) is -3.09. The summed E-state index contributed by atoms with van der Waals surface area (Å²) in [4.78, 5) is 11.8. The van der Waals surface area contributed by atoms with E-state index in [4.69, 9.17) is 10.00 Å². The Bertz CT molecular complexity index is 813. The SMILES string of the molecule is Cc1ccccc1C(C)(Oc1cc(O)cc(F)c1C#N)C(=O)O. The van der Waals surface area contributed by atoms with Gasteiger partial charge in [0.2, 0.25) is 5.60 Å². The van der Waals surface area contributed by atoms with Gasteiger partial charge in [0, 0.05) is 17.7 Å². The summed E-state index contributed by atoms with van der Waals surface area (Å²) in [7, 11) is 0. The first-order chi connectivity index (χ1) is 10.8. The van der Waals surface area contributed by atoms with E-state index in [1.807, 2.05) is 0 Å². The quantitative estimate of drug-likeness (QED) is 0.904. The van der Waals surface area contributed by atoms with Crippen LogP contribution < -0.4 is 4.74 Å². The zero-order valence-electron chi connectivity index (χ0n) is 12.5. The van der Waals surface area contributed by atoms with E-state index in [0.717, 1.165) is 12.1 Å². The molecule has 6 heteroatoms. The molecule has 0 saturated heterocycles. The van der Waals surface area contributed by atoms with Crippen LogP contribution in [-0.2, 0) is 10.4 Å². The molecule has 0 aliphatic heterocycles. The lowest BCUT2D eigenvalue weighted by Crippen LogP contribution is -2.39. The molecule has 0 heterocycles. The van der Waals surface area contributed by atoms with Crippen molar-refractivity contribution < 1.29 is 24.1 Å². The standard InChI is InChI=1S/C17H14FNO4/c1-10-5-3-4-6-13(10)17(2,16(21)22)23-15-8-11(20)7-14(18)12(15)9-19/h3-8,20H,1-2H3,(H,21,22). The Kier molecular flexibility index (Phi) is 4.23. The maximum Gasteiger partial charge on any atom is 0.352 e. The van der Waals surface area contributed by atoms with E-state index in [9.17, 15) is 19.4 Å². The van der Waals surface area contributed by atoms with E-state index in [1.54, 1.807) is 37.3 Å². The molecule has 2 rings (SSSR count). The van der Waals surface area contributed by atoms with Crippen molar-refractivity contribution in [1.29, 1.82) is 5.26 Å². The summed E-state index contributed by atoms with van der Waals surface area (Å²) < 4.78 is 19.3. The van der Waals surface area contributed by atoms with E-state index < -0.39 is 28.7 Å². The number of rotatable bonds is 4. The highest BCUT2D eigenvalue weighted by Crippen LogP contribution is 2.35. The Morgan fingerprint density at radius 1 is 1.35 bits per heavy atom. The number of ether oxygens (including phenoxy) is 1. The molecule has 23 heavy (non-hydrogen) atoms. The van der Waals surface area contributed by atoms with Crippen LogP contribution in [-0.4, -0.2) is 16.2 Å². The third kappa shape index (κ3) is 2.94. The maximum atomic E-state index is 13.8. The highest BCUT2D eigenvalue weighted by Gasteiger charge is 2.40. The van der Waals surface area contributed by atoms with Crippen LogP contribution >= 0.6 is 0 Å². The lowest BCUT2D eigenvalue weighted by Gasteiger charge is -2.28. The number of phenolic OH excluding ortho intramolecular Hbond substituents is 1. The minimum Gasteiger partial charge on any atom is -0.508 e. The Morgan fingerprint density at radius 2 is 2.00 bits per heavy atom. The average molecular weight is 315 g/mol. The normalized spacial score (nSPS) is 13.0. The van der Waals surface area contributed by atoms with Crippen molar-refractivity contribution in [3.05, 3.63) is 58.9 Å². The van der Waals surface area contributed by atoms with Gasteiger partial charge in [0.1, 0.15) is 28.9 Å². The summed E-state index contributed by atoms with van der Waals surface area (Å²) in [6.45, 7) is 3.02. The van der Waals surface area contributed by atoms with Gasteiger partial charge in [-0.1, -0.05) is 24.3 Å². The average Bonchev–Trinajstić information content (AvgIpc) is 2.46. The third-order valence-electron chi connectivity index (χ3n) is 3.53. The number of halogens is 1. The predicted octanol–water partition coefficient (Wildman–Crippen LogP) is 3.09. The molecule has 0 saturated carbocycles. The first kappa shape index (κ1) is 16.3. The second-order valence-corrected chi connectivity index (χ2v) is 5.17. The monoisotopic (exact) mass is 315 g/mol. The van der Waals surface area contributed by atoms with Gasteiger partial charge in [-0.15, -0.1) is 0 Å². The molecule has 0 spiro atoms. The van der Waals surface area contributed by atoms with Crippen LogP contribution in [0.25, 0.3) is 0 Å². The van der Waals surface area contributed by atoms with Gasteiger partial charge >= 0.3 is 5.97 Å². The molecule has 2 aromatic carbocycles. The lowest BCUT2D eigenvalue weighted by atomic mass is 9.91. The molecule has 5 nitrogen and oxygen atoms in total. The molecule has 2 aromatic rings. The van der Waals surface area contributed by atoms with Gasteiger partial charge in [-0.2, -0.15) is 5.26 Å². The van der Waals surface area contributed by atoms with Gasteiger partial charge in [-0.05, 0) is 19.4 Å². The van der Waals surface area contributed by atoms with Crippen LogP contribution in [0.1, 0.15) is 23.6 Å². The molecule has 1 atom stereocenters. The second-order valence-electron chi connectivity index (χ2n) is 5.17. The summed E-state index contributed by atoms with van der Waals surface area (Å²) in [5.41, 5.74) is -1.29. The number of nitrogens with zero attached hydrogens (tertiary/aromatic N) is 1. The fourth-order valence-electron chi connectivity index (χ4n) is 2.30. The molecule has 2 N–H and O–H groups in total. The largest absolute Gasteiger partial charge is 0.508 e. The molecule has 0 radical (unpaired) electrons. The minimum atomic E-state index is -1.85. The van der Waals surface area contributed by atoms with E-state index in [1.165, 1.54) is 6.92 Å². The molecule has 0 fully saturated rings. The Morgan fingerprint density at radius 3 is 2.57 bits per heavy atom. The zero-order valence-corrected chi connectivity index (χ0v) is 12.5. The molecular weight excluding hydrogens is 301 g/mol. The van der Waals surface area contributed by atoms with Crippen molar-refractivity contribution in [2.75, 3.05) is 0 Å². The lowest BCUT2D eigenvalue weighted by molar-refractivity contribution is -0.154. The smallest absolute Gasteiger partial charge is 0.352 e. The number of aryl methyl sites for hydroxylation is 1. The number of carbonyl (C=O) groups is 1. The number of phenols is 1. The van der Waals surface area contributed by atoms with Crippen molar-refractivity contribution in [2.24, 2.45) is 0 Å². The van der Waals surface area contributed by atoms with Gasteiger partial charge in [-0.3, -0.25) is 0 Å². The van der Waals surface area contributed by atoms with Crippen LogP contribution in [0.4, 0.5) is 4.39 Å². The van der Waals surface area contributed by atoms with Crippen LogP contribution in [0.15, 0.2) is 36.4 Å². The summed E-state index contributed by atoms with van der Waals surface area (Å²) in [6.07, 6.45) is 0. The molecule has 1 unspecified atom stereocenters. The van der Waals surface area contributed by atoms with Crippen molar-refractivity contribution in [3.63, 3.8) is 0 Å². The number of benzene rings is 2. The number of hydrogen-bond acceptors (Lipinski definition) is 4. The van der Waals surface area contributed by atoms with E-state index >= 15 is 0 Å². The van der Waals surface area contributed by atoms with Crippen molar-refractivity contribution in [2.45, 2.75) is 19.4 Å². The molecule has 0 bridgehead atoms. The molecule has 0 amide bonds. The van der Waals surface area contributed by atoms with Gasteiger partial charge in [-0.25, -0.2) is 9.18 Å². The van der Waals surface area contributed by atoms with E-state index in [2.05, 4.69) is 0 Å². The van der Waals surface area contributed by atoms with E-state index in [0.29, 0.717) is 11.1 Å². The number of aromatic hydroxyl groups is 1. The van der Waals surface area contributed by atoms with Crippen LogP contribution in [0.3, 0.4) is 0 Å². The summed E-state index contributed by atoms with van der Waals surface area (Å²) in [5, 5.41) is 28.2. The van der Waals surface area contributed by atoms with Crippen molar-refractivity contribution >= 4 is 5.97 Å². The van der Waals surface area contributed by atoms with Crippen molar-refractivity contribution in [1.82, 2.24) is 0 Å². The van der Waals surface area contributed by atoms with Gasteiger partial charge in [0.05, 0.1) is 0 Å². The number of hydrogen-bond donors (Lipinski definition) is 2. The second kappa shape index (κ2) is 5.97. The summed E-state index contributed by atoms with van der Waals surface area (Å²) >= 11 is 0. The highest BCUT2D eigenvalue weighted by atomic mass is 19.1. The fourth-order valence-corrected chi connectivity index (χ4v) is 2.30. The molecule has 118 valence electrons. The predicted molar refractivity (Wildman–Crippen MR) is 79.6 cm³/mol. The van der Waals surface area contributed by atoms with Gasteiger partial charge in [0.15, 0.2) is 0 Å². The maximum absolute atomic E-state index is 13.8. The fraction of sp³-hybridized carbons (Fsp3) is 0.176. The first-order valence-electron chi connectivity index (χ1n) is 6.70. The minimum absolute atomic E-state index is 0.335. The van der Waals surface area contributed by atoms with Gasteiger partial charge < -0.3 is 14.9 Å². The molecule has 0 aliphatic rings. The van der Waals surface area contributed by atoms with Crippen LogP contribution in [0, 0.1) is 24.1 Å². The van der Waals surface area contributed by atoms with Gasteiger partial charge in [0.25, 0.3) is 0 Å². The molecule has 0 aliphatic carbocycles. The highest BCUT2D eigenvalue weighted by molar-refractivity contribution is 5.80. The Hall–Kier alpha value is -3.07.